The summed E-state index contributed by atoms with van der Waals surface area (Å²) in [5.74, 6) is 1.76. The van der Waals surface area contributed by atoms with E-state index in [1.807, 2.05) is 31.2 Å². The zero-order valence-electron chi connectivity index (χ0n) is 13.7. The van der Waals surface area contributed by atoms with E-state index >= 15 is 0 Å². The van der Waals surface area contributed by atoms with Gasteiger partial charge in [-0.15, -0.1) is 0 Å². The van der Waals surface area contributed by atoms with Crippen molar-refractivity contribution in [3.63, 3.8) is 0 Å². The lowest BCUT2D eigenvalue weighted by Crippen LogP contribution is -2.40. The molecule has 0 bridgehead atoms. The number of carbonyl (C=O) groups is 1. The van der Waals surface area contributed by atoms with Crippen molar-refractivity contribution in [1.29, 1.82) is 0 Å². The largest absolute Gasteiger partial charge is 0.481 e. The predicted octanol–water partition coefficient (Wildman–Crippen LogP) is 2.82. The molecular weight excluding hydrogens is 294 g/mol. The SMILES string of the molecule is Cc1cccc(O[C@@H](C)C(=O)N2CCC[C@H]2c2noc(C)n2)c1. The van der Waals surface area contributed by atoms with E-state index in [0.29, 0.717) is 24.0 Å². The van der Waals surface area contributed by atoms with Crippen LogP contribution in [0.1, 0.15) is 43.1 Å². The van der Waals surface area contributed by atoms with E-state index in [-0.39, 0.29) is 11.9 Å². The number of aromatic nitrogens is 2. The van der Waals surface area contributed by atoms with Crippen molar-refractivity contribution in [3.8, 4) is 5.75 Å². The van der Waals surface area contributed by atoms with E-state index in [1.54, 1.807) is 18.7 Å². The van der Waals surface area contributed by atoms with Crippen LogP contribution in [0, 0.1) is 13.8 Å². The van der Waals surface area contributed by atoms with Gasteiger partial charge in [-0.1, -0.05) is 17.3 Å². The lowest BCUT2D eigenvalue weighted by atomic mass is 10.2. The lowest BCUT2D eigenvalue weighted by Gasteiger charge is -2.26. The Morgan fingerprint density at radius 1 is 1.43 bits per heavy atom. The molecular formula is C17H21N3O3. The third-order valence-corrected chi connectivity index (χ3v) is 4.03. The van der Waals surface area contributed by atoms with Crippen molar-refractivity contribution in [3.05, 3.63) is 41.5 Å². The number of carbonyl (C=O) groups excluding carboxylic acids is 1. The Morgan fingerprint density at radius 3 is 2.96 bits per heavy atom. The molecule has 1 aromatic carbocycles. The van der Waals surface area contributed by atoms with Crippen molar-refractivity contribution < 1.29 is 14.1 Å². The maximum atomic E-state index is 12.7. The van der Waals surface area contributed by atoms with Crippen molar-refractivity contribution in [2.45, 2.75) is 45.8 Å². The molecule has 0 aliphatic carbocycles. The number of rotatable bonds is 4. The van der Waals surface area contributed by atoms with E-state index in [0.717, 1.165) is 18.4 Å². The predicted molar refractivity (Wildman–Crippen MR) is 84.0 cm³/mol. The Kier molecular flexibility index (Phi) is 4.32. The van der Waals surface area contributed by atoms with Gasteiger partial charge < -0.3 is 14.2 Å². The van der Waals surface area contributed by atoms with E-state index < -0.39 is 6.10 Å². The zero-order chi connectivity index (χ0) is 16.4. The van der Waals surface area contributed by atoms with Crippen LogP contribution in [0.3, 0.4) is 0 Å². The highest BCUT2D eigenvalue weighted by Gasteiger charge is 2.35. The minimum absolute atomic E-state index is 0.0449. The molecule has 23 heavy (non-hydrogen) atoms. The fraction of sp³-hybridized carbons (Fsp3) is 0.471. The summed E-state index contributed by atoms with van der Waals surface area (Å²) in [7, 11) is 0. The molecule has 1 fully saturated rings. The Morgan fingerprint density at radius 2 is 2.26 bits per heavy atom. The highest BCUT2D eigenvalue weighted by molar-refractivity contribution is 5.81. The third-order valence-electron chi connectivity index (χ3n) is 4.03. The smallest absolute Gasteiger partial charge is 0.263 e. The van der Waals surface area contributed by atoms with E-state index in [1.165, 1.54) is 0 Å². The van der Waals surface area contributed by atoms with Gasteiger partial charge >= 0.3 is 0 Å². The Balaban J connectivity index is 1.71. The van der Waals surface area contributed by atoms with E-state index in [4.69, 9.17) is 9.26 Å². The number of ether oxygens (including phenoxy) is 1. The second-order valence-corrected chi connectivity index (χ2v) is 5.94. The standard InChI is InChI=1S/C17H21N3O3/c1-11-6-4-7-14(10-11)22-12(2)17(21)20-9-5-8-15(20)16-18-13(3)23-19-16/h4,6-7,10,12,15H,5,8-9H2,1-3H3/t12-,15-/m0/s1. The van der Waals surface area contributed by atoms with Crippen LogP contribution in [0.15, 0.2) is 28.8 Å². The number of hydrogen-bond donors (Lipinski definition) is 0. The van der Waals surface area contributed by atoms with Crippen LogP contribution >= 0.6 is 0 Å². The van der Waals surface area contributed by atoms with Gasteiger partial charge in [0.15, 0.2) is 11.9 Å². The molecule has 1 aliphatic rings. The summed E-state index contributed by atoms with van der Waals surface area (Å²) >= 11 is 0. The summed E-state index contributed by atoms with van der Waals surface area (Å²) in [4.78, 5) is 18.8. The Bertz CT molecular complexity index is 698. The van der Waals surface area contributed by atoms with Crippen LogP contribution < -0.4 is 4.74 Å². The molecule has 0 N–H and O–H groups in total. The van der Waals surface area contributed by atoms with Crippen LogP contribution in [0.25, 0.3) is 0 Å². The Labute approximate surface area is 135 Å². The number of likely N-dealkylation sites (tertiary alicyclic amines) is 1. The van der Waals surface area contributed by atoms with Crippen LogP contribution in [-0.4, -0.2) is 33.6 Å². The fourth-order valence-electron chi connectivity index (χ4n) is 2.93. The second-order valence-electron chi connectivity index (χ2n) is 5.94. The fourth-order valence-corrected chi connectivity index (χ4v) is 2.93. The highest BCUT2D eigenvalue weighted by Crippen LogP contribution is 2.31. The normalized spacial score (nSPS) is 18.9. The summed E-state index contributed by atoms with van der Waals surface area (Å²) in [5.41, 5.74) is 1.10. The molecule has 0 saturated carbocycles. The van der Waals surface area contributed by atoms with Gasteiger partial charge in [-0.25, -0.2) is 0 Å². The highest BCUT2D eigenvalue weighted by atomic mass is 16.5. The van der Waals surface area contributed by atoms with Crippen LogP contribution in [0.2, 0.25) is 0 Å². The molecule has 3 rings (SSSR count). The summed E-state index contributed by atoms with van der Waals surface area (Å²) in [6.07, 6.45) is 1.23. The van der Waals surface area contributed by atoms with Crippen molar-refractivity contribution in [2.24, 2.45) is 0 Å². The summed E-state index contributed by atoms with van der Waals surface area (Å²) in [6, 6.07) is 7.58. The van der Waals surface area contributed by atoms with E-state index in [9.17, 15) is 4.79 Å². The molecule has 0 radical (unpaired) electrons. The topological polar surface area (TPSA) is 68.5 Å². The number of nitrogens with zero attached hydrogens (tertiary/aromatic N) is 3. The molecule has 1 saturated heterocycles. The van der Waals surface area contributed by atoms with Crippen molar-refractivity contribution in [2.75, 3.05) is 6.54 Å². The quantitative estimate of drug-likeness (QED) is 0.868. The van der Waals surface area contributed by atoms with Gasteiger partial charge in [-0.3, -0.25) is 4.79 Å². The molecule has 1 amide bonds. The van der Waals surface area contributed by atoms with Gasteiger partial charge in [0, 0.05) is 13.5 Å². The molecule has 2 aromatic rings. The monoisotopic (exact) mass is 315 g/mol. The minimum Gasteiger partial charge on any atom is -0.481 e. The van der Waals surface area contributed by atoms with Crippen molar-refractivity contribution >= 4 is 5.91 Å². The lowest BCUT2D eigenvalue weighted by molar-refractivity contribution is -0.139. The number of aryl methyl sites for hydroxylation is 2. The molecule has 6 nitrogen and oxygen atoms in total. The second kappa shape index (κ2) is 6.40. The van der Waals surface area contributed by atoms with Crippen LogP contribution in [0.4, 0.5) is 0 Å². The summed E-state index contributed by atoms with van der Waals surface area (Å²) in [5, 5.41) is 3.96. The molecule has 2 heterocycles. The average Bonchev–Trinajstić information content (AvgIpc) is 3.14. The number of benzene rings is 1. The number of hydrogen-bond acceptors (Lipinski definition) is 5. The van der Waals surface area contributed by atoms with E-state index in [2.05, 4.69) is 10.1 Å². The first-order valence-electron chi connectivity index (χ1n) is 7.88. The molecule has 0 spiro atoms. The first-order chi connectivity index (χ1) is 11.0. The van der Waals surface area contributed by atoms with Crippen molar-refractivity contribution in [1.82, 2.24) is 15.0 Å². The van der Waals surface area contributed by atoms with Gasteiger partial charge in [-0.2, -0.15) is 4.98 Å². The zero-order valence-corrected chi connectivity index (χ0v) is 13.7. The first kappa shape index (κ1) is 15.5. The maximum absolute atomic E-state index is 12.7. The third kappa shape index (κ3) is 3.36. The molecule has 6 heteroatoms. The molecule has 122 valence electrons. The van der Waals surface area contributed by atoms with Crippen LogP contribution in [-0.2, 0) is 4.79 Å². The summed E-state index contributed by atoms with van der Waals surface area (Å²) in [6.45, 7) is 6.22. The minimum atomic E-state index is -0.551. The van der Waals surface area contributed by atoms with Gasteiger partial charge in [0.2, 0.25) is 5.89 Å². The summed E-state index contributed by atoms with van der Waals surface area (Å²) < 4.78 is 10.8. The molecule has 1 aromatic heterocycles. The van der Waals surface area contributed by atoms with Gasteiger partial charge in [0.25, 0.3) is 5.91 Å². The van der Waals surface area contributed by atoms with Gasteiger partial charge in [-0.05, 0) is 44.4 Å². The van der Waals surface area contributed by atoms with Gasteiger partial charge in [0.05, 0.1) is 6.04 Å². The molecule has 0 unspecified atom stereocenters. The van der Waals surface area contributed by atoms with Gasteiger partial charge in [0.1, 0.15) is 5.75 Å². The first-order valence-corrected chi connectivity index (χ1v) is 7.88. The number of amides is 1. The maximum Gasteiger partial charge on any atom is 0.263 e. The van der Waals surface area contributed by atoms with Crippen LogP contribution in [0.5, 0.6) is 5.75 Å². The average molecular weight is 315 g/mol. The molecule has 2 atom stereocenters. The Hall–Kier alpha value is -2.37. The molecule has 1 aliphatic heterocycles.